The minimum atomic E-state index is 0.173. The van der Waals surface area contributed by atoms with Gasteiger partial charge in [0.2, 0.25) is 0 Å². The monoisotopic (exact) mass is 232 g/mol. The first kappa shape index (κ1) is 12.4. The van der Waals surface area contributed by atoms with Crippen molar-refractivity contribution in [3.8, 4) is 0 Å². The highest BCUT2D eigenvalue weighted by Crippen LogP contribution is 2.30. The molecule has 0 bridgehead atoms. The lowest BCUT2D eigenvalue weighted by Crippen LogP contribution is -2.22. The highest BCUT2D eigenvalue weighted by molar-refractivity contribution is 5.55. The van der Waals surface area contributed by atoms with Gasteiger partial charge in [-0.3, -0.25) is 0 Å². The number of hydrogen-bond acceptors (Lipinski definition) is 2. The van der Waals surface area contributed by atoms with Crippen molar-refractivity contribution < 1.29 is 0 Å². The highest BCUT2D eigenvalue weighted by Gasteiger charge is 2.18. The van der Waals surface area contributed by atoms with Gasteiger partial charge < -0.3 is 10.6 Å². The summed E-state index contributed by atoms with van der Waals surface area (Å²) < 4.78 is 0. The van der Waals surface area contributed by atoms with Gasteiger partial charge in [-0.05, 0) is 36.8 Å². The Morgan fingerprint density at radius 1 is 1.18 bits per heavy atom. The van der Waals surface area contributed by atoms with Crippen LogP contribution in [-0.2, 0) is 0 Å². The van der Waals surface area contributed by atoms with E-state index in [1.807, 2.05) is 0 Å². The number of hydrogen-bond donors (Lipinski definition) is 1. The molecular formula is C15H24N2. The fraction of sp³-hybridized carbons (Fsp3) is 0.600. The molecular weight excluding hydrogens is 208 g/mol. The Morgan fingerprint density at radius 2 is 1.82 bits per heavy atom. The quantitative estimate of drug-likeness (QED) is 0.862. The SMILES string of the molecule is CC(C)CC(N)c1ccccc1N1CCCC1. The summed E-state index contributed by atoms with van der Waals surface area (Å²) in [6.45, 7) is 6.84. The minimum absolute atomic E-state index is 0.173. The van der Waals surface area contributed by atoms with Crippen LogP contribution >= 0.6 is 0 Å². The van der Waals surface area contributed by atoms with Crippen molar-refractivity contribution in [2.75, 3.05) is 18.0 Å². The van der Waals surface area contributed by atoms with E-state index in [9.17, 15) is 0 Å². The molecule has 1 aromatic carbocycles. The lowest BCUT2D eigenvalue weighted by molar-refractivity contribution is 0.510. The van der Waals surface area contributed by atoms with Crippen LogP contribution in [0.3, 0.4) is 0 Å². The van der Waals surface area contributed by atoms with Gasteiger partial charge in [0.15, 0.2) is 0 Å². The van der Waals surface area contributed by atoms with Crippen LogP contribution in [0.15, 0.2) is 24.3 Å². The molecule has 1 heterocycles. The molecule has 94 valence electrons. The van der Waals surface area contributed by atoms with Crippen LogP contribution in [0.1, 0.15) is 44.7 Å². The molecule has 2 heteroatoms. The molecule has 0 spiro atoms. The zero-order chi connectivity index (χ0) is 12.3. The first-order chi connectivity index (χ1) is 8.18. The van der Waals surface area contributed by atoms with Crippen LogP contribution in [0.25, 0.3) is 0 Å². The fourth-order valence-corrected chi connectivity index (χ4v) is 2.68. The van der Waals surface area contributed by atoms with Gasteiger partial charge in [-0.25, -0.2) is 0 Å². The summed E-state index contributed by atoms with van der Waals surface area (Å²) in [7, 11) is 0. The Balaban J connectivity index is 2.20. The molecule has 2 nitrogen and oxygen atoms in total. The van der Waals surface area contributed by atoms with E-state index >= 15 is 0 Å². The molecule has 1 aromatic rings. The third-order valence-electron chi connectivity index (χ3n) is 3.51. The Bertz CT molecular complexity index is 354. The standard InChI is InChI=1S/C15H24N2/c1-12(2)11-14(16)13-7-3-4-8-15(13)17-9-5-6-10-17/h3-4,7-8,12,14H,5-6,9-11,16H2,1-2H3. The predicted molar refractivity (Wildman–Crippen MR) is 74.3 cm³/mol. The Hall–Kier alpha value is -1.02. The third-order valence-corrected chi connectivity index (χ3v) is 3.51. The molecule has 2 N–H and O–H groups in total. The van der Waals surface area contributed by atoms with Gasteiger partial charge in [-0.1, -0.05) is 32.0 Å². The fourth-order valence-electron chi connectivity index (χ4n) is 2.68. The van der Waals surface area contributed by atoms with Crippen molar-refractivity contribution in [3.05, 3.63) is 29.8 Å². The molecule has 0 aromatic heterocycles. The second-order valence-electron chi connectivity index (χ2n) is 5.49. The average molecular weight is 232 g/mol. The number of rotatable bonds is 4. The van der Waals surface area contributed by atoms with Crippen molar-refractivity contribution in [1.82, 2.24) is 0 Å². The van der Waals surface area contributed by atoms with Crippen LogP contribution in [0.5, 0.6) is 0 Å². The van der Waals surface area contributed by atoms with Crippen LogP contribution in [0.4, 0.5) is 5.69 Å². The summed E-state index contributed by atoms with van der Waals surface area (Å²) in [6, 6.07) is 8.82. The van der Waals surface area contributed by atoms with E-state index in [2.05, 4.69) is 43.0 Å². The summed E-state index contributed by atoms with van der Waals surface area (Å²) in [5.74, 6) is 0.650. The maximum atomic E-state index is 6.34. The van der Waals surface area contributed by atoms with Crippen molar-refractivity contribution in [2.45, 2.75) is 39.2 Å². The molecule has 1 aliphatic rings. The predicted octanol–water partition coefficient (Wildman–Crippen LogP) is 3.33. The third kappa shape index (κ3) is 3.01. The Labute approximate surface area is 105 Å². The normalized spacial score (nSPS) is 17.8. The van der Waals surface area contributed by atoms with Gasteiger partial charge in [0.1, 0.15) is 0 Å². The molecule has 0 aliphatic carbocycles. The van der Waals surface area contributed by atoms with E-state index in [0.717, 1.165) is 6.42 Å². The van der Waals surface area contributed by atoms with Gasteiger partial charge in [-0.2, -0.15) is 0 Å². The van der Waals surface area contributed by atoms with E-state index in [4.69, 9.17) is 5.73 Å². The molecule has 1 unspecified atom stereocenters. The summed E-state index contributed by atoms with van der Waals surface area (Å²) in [5.41, 5.74) is 9.02. The van der Waals surface area contributed by atoms with Crippen molar-refractivity contribution in [1.29, 1.82) is 0 Å². The van der Waals surface area contributed by atoms with E-state index in [1.54, 1.807) is 0 Å². The van der Waals surface area contributed by atoms with E-state index < -0.39 is 0 Å². The number of para-hydroxylation sites is 1. The van der Waals surface area contributed by atoms with Crippen LogP contribution in [0.2, 0.25) is 0 Å². The van der Waals surface area contributed by atoms with Crippen molar-refractivity contribution >= 4 is 5.69 Å². The van der Waals surface area contributed by atoms with Gasteiger partial charge in [-0.15, -0.1) is 0 Å². The summed E-state index contributed by atoms with van der Waals surface area (Å²) in [5, 5.41) is 0. The van der Waals surface area contributed by atoms with Gasteiger partial charge >= 0.3 is 0 Å². The van der Waals surface area contributed by atoms with Crippen molar-refractivity contribution in [2.24, 2.45) is 11.7 Å². The summed E-state index contributed by atoms with van der Waals surface area (Å²) in [4.78, 5) is 2.48. The smallest absolute Gasteiger partial charge is 0.0414 e. The van der Waals surface area contributed by atoms with Crippen LogP contribution < -0.4 is 10.6 Å². The molecule has 0 amide bonds. The lowest BCUT2D eigenvalue weighted by Gasteiger charge is -2.25. The van der Waals surface area contributed by atoms with E-state index in [0.29, 0.717) is 5.92 Å². The molecule has 2 rings (SSSR count). The number of nitrogens with zero attached hydrogens (tertiary/aromatic N) is 1. The Morgan fingerprint density at radius 3 is 2.47 bits per heavy atom. The maximum absolute atomic E-state index is 6.34. The first-order valence-corrected chi connectivity index (χ1v) is 6.78. The second-order valence-corrected chi connectivity index (χ2v) is 5.49. The summed E-state index contributed by atoms with van der Waals surface area (Å²) in [6.07, 6.45) is 3.69. The largest absolute Gasteiger partial charge is 0.371 e. The molecule has 17 heavy (non-hydrogen) atoms. The minimum Gasteiger partial charge on any atom is -0.371 e. The Kier molecular flexibility index (Phi) is 4.06. The second kappa shape index (κ2) is 5.54. The number of nitrogens with two attached hydrogens (primary N) is 1. The molecule has 1 aliphatic heterocycles. The van der Waals surface area contributed by atoms with E-state index in [1.165, 1.54) is 37.2 Å². The number of anilines is 1. The first-order valence-electron chi connectivity index (χ1n) is 6.78. The molecule has 1 saturated heterocycles. The summed E-state index contributed by atoms with van der Waals surface area (Å²) >= 11 is 0. The topological polar surface area (TPSA) is 29.3 Å². The van der Waals surface area contributed by atoms with Crippen LogP contribution in [0, 0.1) is 5.92 Å². The zero-order valence-electron chi connectivity index (χ0n) is 11.0. The van der Waals surface area contributed by atoms with Gasteiger partial charge in [0.05, 0.1) is 0 Å². The molecule has 1 atom stereocenters. The van der Waals surface area contributed by atoms with E-state index in [-0.39, 0.29) is 6.04 Å². The molecule has 0 radical (unpaired) electrons. The maximum Gasteiger partial charge on any atom is 0.0414 e. The highest BCUT2D eigenvalue weighted by atomic mass is 15.1. The van der Waals surface area contributed by atoms with Crippen LogP contribution in [-0.4, -0.2) is 13.1 Å². The van der Waals surface area contributed by atoms with Crippen molar-refractivity contribution in [3.63, 3.8) is 0 Å². The lowest BCUT2D eigenvalue weighted by atomic mass is 9.96. The zero-order valence-corrected chi connectivity index (χ0v) is 11.0. The molecule has 1 fully saturated rings. The van der Waals surface area contributed by atoms with Gasteiger partial charge in [0, 0.05) is 24.8 Å². The molecule has 0 saturated carbocycles. The number of benzene rings is 1. The average Bonchev–Trinajstić information content (AvgIpc) is 2.81. The van der Waals surface area contributed by atoms with Gasteiger partial charge in [0.25, 0.3) is 0 Å².